The first-order valence-corrected chi connectivity index (χ1v) is 5.68. The van der Waals surface area contributed by atoms with Gasteiger partial charge in [0.15, 0.2) is 0 Å². The van der Waals surface area contributed by atoms with Crippen LogP contribution in [0.4, 0.5) is 4.39 Å². The van der Waals surface area contributed by atoms with Crippen LogP contribution in [0.2, 0.25) is 0 Å². The fraction of sp³-hybridized carbons (Fsp3) is 0.214. The van der Waals surface area contributed by atoms with Crippen LogP contribution in [0, 0.1) is 5.82 Å². The molecular formula is C14H16BrFN2. The number of hydrogen-bond donors (Lipinski definition) is 1. The second kappa shape index (κ2) is 7.95. The number of nitrogens with one attached hydrogen (secondary N) is 1. The van der Waals surface area contributed by atoms with Crippen LogP contribution < -0.4 is 5.32 Å². The number of nitrogens with zero attached hydrogens (tertiary/aromatic N) is 1. The van der Waals surface area contributed by atoms with Gasteiger partial charge in [0, 0.05) is 18.9 Å². The van der Waals surface area contributed by atoms with Crippen molar-refractivity contribution in [1.29, 1.82) is 0 Å². The van der Waals surface area contributed by atoms with E-state index in [1.165, 1.54) is 17.7 Å². The molecule has 96 valence electrons. The SMILES string of the molecule is Br.Fc1ccc(CCNCc2cccnc2)cc1. The third-order valence-corrected chi connectivity index (χ3v) is 2.56. The Labute approximate surface area is 117 Å². The van der Waals surface area contributed by atoms with E-state index in [9.17, 15) is 4.39 Å². The van der Waals surface area contributed by atoms with Crippen LogP contribution in [0.5, 0.6) is 0 Å². The topological polar surface area (TPSA) is 24.9 Å². The van der Waals surface area contributed by atoms with Crippen molar-refractivity contribution in [1.82, 2.24) is 10.3 Å². The Morgan fingerprint density at radius 1 is 1.06 bits per heavy atom. The smallest absolute Gasteiger partial charge is 0.123 e. The van der Waals surface area contributed by atoms with E-state index >= 15 is 0 Å². The summed E-state index contributed by atoms with van der Waals surface area (Å²) >= 11 is 0. The monoisotopic (exact) mass is 310 g/mol. The summed E-state index contributed by atoms with van der Waals surface area (Å²) in [6, 6.07) is 10.6. The minimum Gasteiger partial charge on any atom is -0.312 e. The number of benzene rings is 1. The Hall–Kier alpha value is -1.26. The predicted molar refractivity (Wildman–Crippen MR) is 76.4 cm³/mol. The van der Waals surface area contributed by atoms with Gasteiger partial charge in [-0.1, -0.05) is 18.2 Å². The van der Waals surface area contributed by atoms with Crippen LogP contribution in [0.15, 0.2) is 48.8 Å². The van der Waals surface area contributed by atoms with Crippen molar-refractivity contribution in [3.05, 3.63) is 65.7 Å². The largest absolute Gasteiger partial charge is 0.312 e. The fourth-order valence-electron chi connectivity index (χ4n) is 1.62. The number of pyridine rings is 1. The summed E-state index contributed by atoms with van der Waals surface area (Å²) in [5, 5.41) is 3.33. The zero-order valence-corrected chi connectivity index (χ0v) is 11.7. The molecule has 1 heterocycles. The normalized spacial score (nSPS) is 9.83. The Bertz CT molecular complexity index is 445. The molecule has 2 rings (SSSR count). The average molecular weight is 311 g/mol. The molecule has 0 aliphatic carbocycles. The second-order valence-corrected chi connectivity index (χ2v) is 3.91. The number of halogens is 2. The summed E-state index contributed by atoms with van der Waals surface area (Å²) in [5.74, 6) is -0.183. The van der Waals surface area contributed by atoms with Crippen LogP contribution in [0.3, 0.4) is 0 Å². The maximum atomic E-state index is 12.7. The molecule has 18 heavy (non-hydrogen) atoms. The summed E-state index contributed by atoms with van der Waals surface area (Å²) in [6.45, 7) is 1.69. The first-order valence-electron chi connectivity index (χ1n) is 5.68. The lowest BCUT2D eigenvalue weighted by Crippen LogP contribution is -2.16. The third-order valence-electron chi connectivity index (χ3n) is 2.56. The van der Waals surface area contributed by atoms with Crippen molar-refractivity contribution in [2.24, 2.45) is 0 Å². The number of rotatable bonds is 5. The molecule has 4 heteroatoms. The molecule has 0 aliphatic heterocycles. The maximum Gasteiger partial charge on any atom is 0.123 e. The van der Waals surface area contributed by atoms with E-state index in [-0.39, 0.29) is 22.8 Å². The molecule has 1 aromatic carbocycles. The summed E-state index contributed by atoms with van der Waals surface area (Å²) < 4.78 is 12.7. The Kier molecular flexibility index (Phi) is 6.54. The molecule has 0 bridgehead atoms. The van der Waals surface area contributed by atoms with Crippen LogP contribution in [-0.4, -0.2) is 11.5 Å². The third kappa shape index (κ3) is 4.94. The van der Waals surface area contributed by atoms with Crippen LogP contribution in [0.25, 0.3) is 0 Å². The quantitative estimate of drug-likeness (QED) is 0.858. The van der Waals surface area contributed by atoms with Gasteiger partial charge in [0.25, 0.3) is 0 Å². The Balaban J connectivity index is 0.00000162. The highest BCUT2D eigenvalue weighted by Gasteiger charge is 1.95. The van der Waals surface area contributed by atoms with E-state index in [1.807, 2.05) is 30.5 Å². The van der Waals surface area contributed by atoms with Crippen LogP contribution in [0.1, 0.15) is 11.1 Å². The lowest BCUT2D eigenvalue weighted by atomic mass is 10.1. The van der Waals surface area contributed by atoms with Gasteiger partial charge in [-0.25, -0.2) is 4.39 Å². The van der Waals surface area contributed by atoms with E-state index in [4.69, 9.17) is 0 Å². The van der Waals surface area contributed by atoms with Crippen LogP contribution in [-0.2, 0) is 13.0 Å². The minimum absolute atomic E-state index is 0. The highest BCUT2D eigenvalue weighted by Crippen LogP contribution is 2.03. The van der Waals surface area contributed by atoms with Crippen molar-refractivity contribution < 1.29 is 4.39 Å². The summed E-state index contributed by atoms with van der Waals surface area (Å²) in [6.07, 6.45) is 4.52. The van der Waals surface area contributed by atoms with E-state index in [0.29, 0.717) is 0 Å². The standard InChI is InChI=1S/C14H15FN2.BrH/c15-14-5-3-12(4-6-14)7-9-17-11-13-2-1-8-16-10-13;/h1-6,8,10,17H,7,9,11H2;1H. The summed E-state index contributed by atoms with van der Waals surface area (Å²) in [4.78, 5) is 4.05. The molecular weight excluding hydrogens is 295 g/mol. The van der Waals surface area contributed by atoms with E-state index in [1.54, 1.807) is 6.20 Å². The van der Waals surface area contributed by atoms with Crippen molar-refractivity contribution in [2.75, 3.05) is 6.54 Å². The van der Waals surface area contributed by atoms with E-state index in [0.717, 1.165) is 25.1 Å². The molecule has 0 saturated carbocycles. The molecule has 2 aromatic rings. The zero-order valence-electron chi connectivity index (χ0n) is 9.97. The predicted octanol–water partition coefficient (Wildman–Crippen LogP) is 3.13. The second-order valence-electron chi connectivity index (χ2n) is 3.91. The van der Waals surface area contributed by atoms with Crippen molar-refractivity contribution in [3.63, 3.8) is 0 Å². The lowest BCUT2D eigenvalue weighted by Gasteiger charge is -2.04. The first-order chi connectivity index (χ1) is 8.34. The van der Waals surface area contributed by atoms with Gasteiger partial charge in [0.2, 0.25) is 0 Å². The van der Waals surface area contributed by atoms with Gasteiger partial charge < -0.3 is 5.32 Å². The molecule has 0 fully saturated rings. The molecule has 0 spiro atoms. The molecule has 2 nitrogen and oxygen atoms in total. The van der Waals surface area contributed by atoms with E-state index in [2.05, 4.69) is 10.3 Å². The zero-order chi connectivity index (χ0) is 11.9. The van der Waals surface area contributed by atoms with Gasteiger partial charge >= 0.3 is 0 Å². The Morgan fingerprint density at radius 3 is 2.50 bits per heavy atom. The molecule has 0 radical (unpaired) electrons. The average Bonchev–Trinajstić information content (AvgIpc) is 2.38. The van der Waals surface area contributed by atoms with Gasteiger partial charge in [-0.2, -0.15) is 0 Å². The van der Waals surface area contributed by atoms with Crippen molar-refractivity contribution in [2.45, 2.75) is 13.0 Å². The summed E-state index contributed by atoms with van der Waals surface area (Å²) in [7, 11) is 0. The van der Waals surface area contributed by atoms with E-state index < -0.39 is 0 Å². The van der Waals surface area contributed by atoms with Gasteiger partial charge in [0.05, 0.1) is 0 Å². The first kappa shape index (κ1) is 14.8. The fourth-order valence-corrected chi connectivity index (χ4v) is 1.62. The highest BCUT2D eigenvalue weighted by atomic mass is 79.9. The Morgan fingerprint density at radius 2 is 1.83 bits per heavy atom. The summed E-state index contributed by atoms with van der Waals surface area (Å²) in [5.41, 5.74) is 2.32. The van der Waals surface area contributed by atoms with Gasteiger partial charge in [-0.15, -0.1) is 17.0 Å². The van der Waals surface area contributed by atoms with Crippen molar-refractivity contribution in [3.8, 4) is 0 Å². The highest BCUT2D eigenvalue weighted by molar-refractivity contribution is 8.93. The van der Waals surface area contributed by atoms with Crippen molar-refractivity contribution >= 4 is 17.0 Å². The molecule has 0 atom stereocenters. The minimum atomic E-state index is -0.183. The number of hydrogen-bond acceptors (Lipinski definition) is 2. The lowest BCUT2D eigenvalue weighted by molar-refractivity contribution is 0.626. The number of aromatic nitrogens is 1. The molecule has 1 N–H and O–H groups in total. The molecule has 0 unspecified atom stereocenters. The molecule has 0 amide bonds. The van der Waals surface area contributed by atoms with Gasteiger partial charge in [-0.3, -0.25) is 4.98 Å². The maximum absolute atomic E-state index is 12.7. The van der Waals surface area contributed by atoms with Gasteiger partial charge in [0.1, 0.15) is 5.82 Å². The molecule has 0 aliphatic rings. The van der Waals surface area contributed by atoms with Gasteiger partial charge in [-0.05, 0) is 42.3 Å². The molecule has 1 aromatic heterocycles. The van der Waals surface area contributed by atoms with Crippen LogP contribution >= 0.6 is 17.0 Å². The molecule has 0 saturated heterocycles.